The van der Waals surface area contributed by atoms with E-state index in [0.29, 0.717) is 12.1 Å². The van der Waals surface area contributed by atoms with Gasteiger partial charge >= 0.3 is 0 Å². The van der Waals surface area contributed by atoms with E-state index in [9.17, 15) is 14.0 Å². The van der Waals surface area contributed by atoms with Gasteiger partial charge in [-0.15, -0.1) is 0 Å². The molecule has 1 amide bonds. The largest absolute Gasteiger partial charge is 0.497 e. The maximum atomic E-state index is 13.6. The molecule has 1 N–H and O–H groups in total. The standard InChI is InChI=1S/C20H19FN2O3/c1-3-23-12-17(19(24)16-10-14(21)6-9-18(16)23)20(25)22-11-13-4-7-15(26-2)8-5-13/h4-10,12H,3,11H2,1-2H3,(H,22,25). The number of halogens is 1. The van der Waals surface area contributed by atoms with Crippen LogP contribution in [0.4, 0.5) is 4.39 Å². The average molecular weight is 354 g/mol. The number of amides is 1. The molecule has 134 valence electrons. The first-order chi connectivity index (χ1) is 12.5. The zero-order valence-corrected chi connectivity index (χ0v) is 14.6. The van der Waals surface area contributed by atoms with Gasteiger partial charge in [0.1, 0.15) is 17.1 Å². The Morgan fingerprint density at radius 1 is 1.19 bits per heavy atom. The first-order valence-electron chi connectivity index (χ1n) is 8.27. The molecule has 5 nitrogen and oxygen atoms in total. The topological polar surface area (TPSA) is 60.3 Å². The molecule has 1 heterocycles. The fourth-order valence-electron chi connectivity index (χ4n) is 2.81. The number of aromatic nitrogens is 1. The zero-order valence-electron chi connectivity index (χ0n) is 14.6. The lowest BCUT2D eigenvalue weighted by molar-refractivity contribution is 0.0949. The van der Waals surface area contributed by atoms with Gasteiger partial charge in [0.2, 0.25) is 5.43 Å². The first kappa shape index (κ1) is 17.7. The summed E-state index contributed by atoms with van der Waals surface area (Å²) in [5, 5.41) is 2.94. The van der Waals surface area contributed by atoms with Crippen LogP contribution < -0.4 is 15.5 Å². The van der Waals surface area contributed by atoms with Crippen LogP contribution in [0.1, 0.15) is 22.8 Å². The van der Waals surface area contributed by atoms with Crippen molar-refractivity contribution in [1.82, 2.24) is 9.88 Å². The monoisotopic (exact) mass is 354 g/mol. The van der Waals surface area contributed by atoms with E-state index >= 15 is 0 Å². The molecule has 0 aliphatic carbocycles. The summed E-state index contributed by atoms with van der Waals surface area (Å²) in [4.78, 5) is 25.1. The van der Waals surface area contributed by atoms with Crippen molar-refractivity contribution in [2.75, 3.05) is 7.11 Å². The molecule has 6 heteroatoms. The molecule has 0 aliphatic rings. The second-order valence-corrected chi connectivity index (χ2v) is 5.85. The third-order valence-electron chi connectivity index (χ3n) is 4.24. The highest BCUT2D eigenvalue weighted by atomic mass is 19.1. The van der Waals surface area contributed by atoms with Crippen LogP contribution in [-0.2, 0) is 13.1 Å². The zero-order chi connectivity index (χ0) is 18.7. The maximum absolute atomic E-state index is 13.6. The highest BCUT2D eigenvalue weighted by Gasteiger charge is 2.15. The molecule has 3 rings (SSSR count). The third-order valence-corrected chi connectivity index (χ3v) is 4.24. The van der Waals surface area contributed by atoms with Crippen LogP contribution in [0.15, 0.2) is 53.5 Å². The van der Waals surface area contributed by atoms with Crippen molar-refractivity contribution >= 4 is 16.8 Å². The number of nitrogens with one attached hydrogen (secondary N) is 1. The van der Waals surface area contributed by atoms with Crippen molar-refractivity contribution in [1.29, 1.82) is 0 Å². The van der Waals surface area contributed by atoms with E-state index in [4.69, 9.17) is 4.74 Å². The number of aryl methyl sites for hydroxylation is 1. The maximum Gasteiger partial charge on any atom is 0.257 e. The molecular weight excluding hydrogens is 335 g/mol. The Bertz CT molecular complexity index is 1010. The van der Waals surface area contributed by atoms with E-state index in [1.807, 2.05) is 19.1 Å². The van der Waals surface area contributed by atoms with Gasteiger partial charge in [0.05, 0.1) is 12.6 Å². The van der Waals surface area contributed by atoms with Gasteiger partial charge in [-0.2, -0.15) is 0 Å². The van der Waals surface area contributed by atoms with E-state index in [2.05, 4.69) is 5.32 Å². The fourth-order valence-corrected chi connectivity index (χ4v) is 2.81. The molecule has 0 bridgehead atoms. The number of ether oxygens (including phenoxy) is 1. The number of carbonyl (C=O) groups is 1. The number of fused-ring (bicyclic) bond motifs is 1. The number of carbonyl (C=O) groups excluding carboxylic acids is 1. The lowest BCUT2D eigenvalue weighted by Crippen LogP contribution is -2.29. The normalized spacial score (nSPS) is 10.7. The number of nitrogens with zero attached hydrogens (tertiary/aromatic N) is 1. The van der Waals surface area contributed by atoms with Crippen LogP contribution in [0.25, 0.3) is 10.9 Å². The van der Waals surface area contributed by atoms with Crippen molar-refractivity contribution in [3.63, 3.8) is 0 Å². The number of benzene rings is 2. The minimum Gasteiger partial charge on any atom is -0.497 e. The first-order valence-corrected chi connectivity index (χ1v) is 8.27. The van der Waals surface area contributed by atoms with Crippen LogP contribution in [0.5, 0.6) is 5.75 Å². The molecule has 0 radical (unpaired) electrons. The summed E-state index contributed by atoms with van der Waals surface area (Å²) in [7, 11) is 1.58. The van der Waals surface area contributed by atoms with Crippen molar-refractivity contribution in [2.45, 2.75) is 20.0 Å². The lowest BCUT2D eigenvalue weighted by atomic mass is 10.1. The number of rotatable bonds is 5. The number of hydrogen-bond donors (Lipinski definition) is 1. The molecule has 3 aromatic rings. The van der Waals surface area contributed by atoms with Crippen molar-refractivity contribution in [3.05, 3.63) is 75.8 Å². The SMILES string of the molecule is CCn1cc(C(=O)NCc2ccc(OC)cc2)c(=O)c2cc(F)ccc21. The Hall–Kier alpha value is -3.15. The molecule has 0 aliphatic heterocycles. The summed E-state index contributed by atoms with van der Waals surface area (Å²) in [6.45, 7) is 2.73. The summed E-state index contributed by atoms with van der Waals surface area (Å²) in [6.07, 6.45) is 1.52. The Morgan fingerprint density at radius 3 is 2.58 bits per heavy atom. The van der Waals surface area contributed by atoms with E-state index < -0.39 is 17.2 Å². The second kappa shape index (κ2) is 7.39. The Morgan fingerprint density at radius 2 is 1.92 bits per heavy atom. The number of methoxy groups -OCH3 is 1. The quantitative estimate of drug-likeness (QED) is 0.766. The predicted molar refractivity (Wildman–Crippen MR) is 98.0 cm³/mol. The smallest absolute Gasteiger partial charge is 0.257 e. The van der Waals surface area contributed by atoms with E-state index in [1.54, 1.807) is 29.9 Å². The summed E-state index contributed by atoms with van der Waals surface area (Å²) < 4.78 is 20.4. The molecule has 2 aromatic carbocycles. The number of pyridine rings is 1. The van der Waals surface area contributed by atoms with Gasteiger partial charge in [-0.1, -0.05) is 12.1 Å². The van der Waals surface area contributed by atoms with Crippen molar-refractivity contribution in [3.8, 4) is 5.75 Å². The Kier molecular flexibility index (Phi) is 5.02. The van der Waals surface area contributed by atoms with Crippen LogP contribution >= 0.6 is 0 Å². The molecular formula is C20H19FN2O3. The van der Waals surface area contributed by atoms with Crippen molar-refractivity contribution in [2.24, 2.45) is 0 Å². The van der Waals surface area contributed by atoms with Gasteiger partial charge < -0.3 is 14.6 Å². The highest BCUT2D eigenvalue weighted by molar-refractivity contribution is 5.97. The molecule has 0 saturated heterocycles. The van der Waals surface area contributed by atoms with Gasteiger partial charge in [-0.25, -0.2) is 4.39 Å². The molecule has 0 fully saturated rings. The van der Waals surface area contributed by atoms with Gasteiger partial charge in [-0.3, -0.25) is 9.59 Å². The van der Waals surface area contributed by atoms with Crippen LogP contribution in [-0.4, -0.2) is 17.6 Å². The van der Waals surface area contributed by atoms with E-state index in [1.165, 1.54) is 18.3 Å². The summed E-state index contributed by atoms with van der Waals surface area (Å²) in [5.41, 5.74) is 1.00. The summed E-state index contributed by atoms with van der Waals surface area (Å²) in [5.74, 6) is -0.269. The van der Waals surface area contributed by atoms with Gasteiger partial charge in [0.25, 0.3) is 5.91 Å². The number of hydrogen-bond acceptors (Lipinski definition) is 3. The minimum atomic E-state index is -0.506. The van der Waals surface area contributed by atoms with Crippen molar-refractivity contribution < 1.29 is 13.9 Å². The molecule has 0 unspecified atom stereocenters. The molecule has 26 heavy (non-hydrogen) atoms. The Labute approximate surface area is 150 Å². The molecule has 1 aromatic heterocycles. The summed E-state index contributed by atoms with van der Waals surface area (Å²) in [6, 6.07) is 11.3. The van der Waals surface area contributed by atoms with Gasteiger partial charge in [-0.05, 0) is 42.8 Å². The Balaban J connectivity index is 1.89. The second-order valence-electron chi connectivity index (χ2n) is 5.85. The van der Waals surface area contributed by atoms with Crippen LogP contribution in [0.2, 0.25) is 0 Å². The predicted octanol–water partition coefficient (Wildman–Crippen LogP) is 3.10. The van der Waals surface area contributed by atoms with Gasteiger partial charge in [0, 0.05) is 24.7 Å². The van der Waals surface area contributed by atoms with Crippen LogP contribution in [0, 0.1) is 5.82 Å². The average Bonchev–Trinajstić information content (AvgIpc) is 2.67. The third kappa shape index (κ3) is 3.44. The van der Waals surface area contributed by atoms with Gasteiger partial charge in [0.15, 0.2) is 0 Å². The van der Waals surface area contributed by atoms with E-state index in [0.717, 1.165) is 11.3 Å². The molecule has 0 saturated carbocycles. The lowest BCUT2D eigenvalue weighted by Gasteiger charge is -2.12. The molecule has 0 spiro atoms. The van der Waals surface area contributed by atoms with Crippen LogP contribution in [0.3, 0.4) is 0 Å². The van der Waals surface area contributed by atoms with E-state index in [-0.39, 0.29) is 17.5 Å². The minimum absolute atomic E-state index is 0.00142. The fraction of sp³-hybridized carbons (Fsp3) is 0.200. The summed E-state index contributed by atoms with van der Waals surface area (Å²) >= 11 is 0. The molecule has 0 atom stereocenters. The highest BCUT2D eigenvalue weighted by Crippen LogP contribution is 2.14.